The molecule has 0 aliphatic heterocycles. The number of amides is 1. The maximum absolute atomic E-state index is 14.6. The first-order chi connectivity index (χ1) is 26.5. The van der Waals surface area contributed by atoms with Crippen molar-refractivity contribution < 1.29 is 48.3 Å². The number of nitrogens with one attached hydrogen (secondary N) is 2. The summed E-state index contributed by atoms with van der Waals surface area (Å²) >= 11 is 9.76. The molecular weight excluding hydrogens is 884 g/mol. The van der Waals surface area contributed by atoms with Crippen LogP contribution in [0.15, 0.2) is 63.9 Å². The first-order valence-electron chi connectivity index (χ1n) is 16.4. The number of rotatable bonds is 11. The molecule has 6 rings (SSSR count). The number of aryl methyl sites for hydroxylation is 1. The Morgan fingerprint density at radius 2 is 1.65 bits per heavy atom. The van der Waals surface area contributed by atoms with Gasteiger partial charge in [-0.2, -0.15) is 36.5 Å². The molecular formula is C34H26BrClF8N8O4S. The van der Waals surface area contributed by atoms with E-state index in [1.54, 1.807) is 0 Å². The lowest BCUT2D eigenvalue weighted by molar-refractivity contribution is -0.142. The van der Waals surface area contributed by atoms with Gasteiger partial charge in [0.1, 0.15) is 30.5 Å². The Morgan fingerprint density at radius 1 is 0.965 bits per heavy atom. The lowest BCUT2D eigenvalue weighted by atomic mass is 10.0. The minimum Gasteiger partial charge on any atom is -0.344 e. The van der Waals surface area contributed by atoms with Crippen LogP contribution in [-0.2, 0) is 40.5 Å². The molecule has 0 aliphatic rings. The van der Waals surface area contributed by atoms with Gasteiger partial charge < -0.3 is 5.32 Å². The second-order valence-corrected chi connectivity index (χ2v) is 16.0. The summed E-state index contributed by atoms with van der Waals surface area (Å²) in [6.45, 7) is -0.122. The second kappa shape index (κ2) is 15.3. The van der Waals surface area contributed by atoms with Crippen LogP contribution in [0.4, 0.5) is 40.9 Å². The first-order valence-corrected chi connectivity index (χ1v) is 19.2. The van der Waals surface area contributed by atoms with Crippen molar-refractivity contribution in [3.63, 3.8) is 0 Å². The summed E-state index contributed by atoms with van der Waals surface area (Å²) in [5.74, 6) is -4.64. The molecule has 3 aromatic heterocycles. The number of halogens is 10. The SMILES string of the molecule is CCS(=O)(=O)Nc1nn(CC(F)(F)F)c2c(-n3c([C@H](Cc4cc(F)cc(F)c4)NC(=O)Cn4nc(C(F)(F)F)cc4C)nc4cc(Br)ccc4c3=O)ccc(Cl)c12. The lowest BCUT2D eigenvalue weighted by Gasteiger charge is -2.24. The van der Waals surface area contributed by atoms with Gasteiger partial charge in [0.05, 0.1) is 44.3 Å². The molecule has 0 aliphatic carbocycles. The summed E-state index contributed by atoms with van der Waals surface area (Å²) in [5.41, 5.74) is -3.34. The third-order valence-electron chi connectivity index (χ3n) is 8.46. The number of nitrogens with zero attached hydrogens (tertiary/aromatic N) is 6. The molecule has 0 bridgehead atoms. The van der Waals surface area contributed by atoms with Gasteiger partial charge in [0.15, 0.2) is 11.5 Å². The van der Waals surface area contributed by atoms with E-state index in [1.807, 2.05) is 0 Å². The Balaban J connectivity index is 1.64. The van der Waals surface area contributed by atoms with E-state index in [1.165, 1.54) is 32.0 Å². The van der Waals surface area contributed by atoms with Crippen LogP contribution < -0.4 is 15.6 Å². The van der Waals surface area contributed by atoms with Gasteiger partial charge in [-0.1, -0.05) is 27.5 Å². The van der Waals surface area contributed by atoms with E-state index in [2.05, 4.69) is 41.2 Å². The molecule has 3 aromatic carbocycles. The fourth-order valence-electron chi connectivity index (χ4n) is 6.02. The molecule has 302 valence electrons. The molecule has 0 spiro atoms. The van der Waals surface area contributed by atoms with Gasteiger partial charge in [-0.3, -0.25) is 28.2 Å². The topological polar surface area (TPSA) is 146 Å². The molecule has 0 saturated heterocycles. The van der Waals surface area contributed by atoms with Crippen molar-refractivity contribution in [1.29, 1.82) is 0 Å². The Hall–Kier alpha value is -5.09. The van der Waals surface area contributed by atoms with Gasteiger partial charge in [0.25, 0.3) is 5.56 Å². The van der Waals surface area contributed by atoms with Crippen LogP contribution in [0.1, 0.15) is 35.7 Å². The molecule has 57 heavy (non-hydrogen) atoms. The quantitative estimate of drug-likeness (QED) is 0.129. The first kappa shape index (κ1) is 41.5. The van der Waals surface area contributed by atoms with Crippen molar-refractivity contribution >= 4 is 71.1 Å². The highest BCUT2D eigenvalue weighted by Gasteiger charge is 2.36. The zero-order chi connectivity index (χ0) is 41.8. The number of carbonyl (C=O) groups is 1. The summed E-state index contributed by atoms with van der Waals surface area (Å²) in [7, 11) is -4.17. The Morgan fingerprint density at radius 3 is 2.26 bits per heavy atom. The van der Waals surface area contributed by atoms with E-state index in [4.69, 9.17) is 11.6 Å². The maximum atomic E-state index is 14.6. The smallest absolute Gasteiger partial charge is 0.344 e. The Labute approximate surface area is 329 Å². The van der Waals surface area contributed by atoms with Crippen LogP contribution in [-0.4, -0.2) is 55.4 Å². The lowest BCUT2D eigenvalue weighted by Crippen LogP contribution is -2.37. The summed E-state index contributed by atoms with van der Waals surface area (Å²) in [5, 5.41) is 9.12. The average molecular weight is 910 g/mol. The molecule has 3 heterocycles. The molecule has 12 nitrogen and oxygen atoms in total. The minimum atomic E-state index is -4.96. The normalized spacial score (nSPS) is 13.1. The predicted octanol–water partition coefficient (Wildman–Crippen LogP) is 7.38. The highest BCUT2D eigenvalue weighted by atomic mass is 79.9. The fourth-order valence-corrected chi connectivity index (χ4v) is 7.19. The van der Waals surface area contributed by atoms with E-state index < -0.39 is 105 Å². The highest BCUT2D eigenvalue weighted by molar-refractivity contribution is 9.10. The van der Waals surface area contributed by atoms with Crippen LogP contribution in [0.25, 0.3) is 27.5 Å². The summed E-state index contributed by atoms with van der Waals surface area (Å²) in [4.78, 5) is 32.9. The molecule has 0 saturated carbocycles. The number of carbonyl (C=O) groups excluding carboxylic acids is 1. The highest BCUT2D eigenvalue weighted by Crippen LogP contribution is 2.37. The predicted molar refractivity (Wildman–Crippen MR) is 195 cm³/mol. The van der Waals surface area contributed by atoms with Gasteiger partial charge in [-0.05, 0) is 67.9 Å². The third-order valence-corrected chi connectivity index (χ3v) is 10.5. The van der Waals surface area contributed by atoms with Crippen molar-refractivity contribution in [2.45, 2.75) is 51.8 Å². The standard InChI is InChI=1S/C34H26BrClF8N8O4S/c1-3-57(55,56)49-30-28-22(36)6-7-25(29(28)51(48-30)15-33(39,40)41)52-31(46-23-12-18(35)4-5-21(23)32(52)54)24(11-17-9-19(37)13-20(38)10-17)45-27(53)14-50-16(2)8-26(47-50)34(42,43)44/h4-10,12-13,24H,3,11,14-15H2,1-2H3,(H,45,53)(H,48,49)/t24-/m0/s1. The number of hydrogen-bond donors (Lipinski definition) is 2. The van der Waals surface area contributed by atoms with E-state index in [0.29, 0.717) is 21.3 Å². The van der Waals surface area contributed by atoms with E-state index in [-0.39, 0.29) is 32.6 Å². The van der Waals surface area contributed by atoms with Crippen molar-refractivity contribution in [2.24, 2.45) is 0 Å². The minimum absolute atomic E-state index is 0.0200. The molecule has 0 radical (unpaired) electrons. The summed E-state index contributed by atoms with van der Waals surface area (Å²) in [6.07, 6.45) is -10.4. The van der Waals surface area contributed by atoms with Crippen LogP contribution in [0.5, 0.6) is 0 Å². The summed E-state index contributed by atoms with van der Waals surface area (Å²) < 4.78 is 141. The van der Waals surface area contributed by atoms with E-state index >= 15 is 0 Å². The fraction of sp³-hybridized carbons (Fsp3) is 0.265. The molecule has 23 heteroatoms. The van der Waals surface area contributed by atoms with Gasteiger partial charge in [0.2, 0.25) is 15.9 Å². The molecule has 2 N–H and O–H groups in total. The number of fused-ring (bicyclic) bond motifs is 2. The van der Waals surface area contributed by atoms with Crippen molar-refractivity contribution in [3.8, 4) is 5.69 Å². The van der Waals surface area contributed by atoms with Crippen LogP contribution in [0.2, 0.25) is 5.02 Å². The maximum Gasteiger partial charge on any atom is 0.435 e. The third kappa shape index (κ3) is 9.06. The number of sulfonamides is 1. The van der Waals surface area contributed by atoms with Gasteiger partial charge in [-0.15, -0.1) is 0 Å². The second-order valence-electron chi connectivity index (χ2n) is 12.6. The largest absolute Gasteiger partial charge is 0.435 e. The van der Waals surface area contributed by atoms with Gasteiger partial charge in [0, 0.05) is 22.7 Å². The zero-order valence-electron chi connectivity index (χ0n) is 29.1. The molecule has 0 fully saturated rings. The van der Waals surface area contributed by atoms with Crippen molar-refractivity contribution in [2.75, 3.05) is 10.5 Å². The number of alkyl halides is 6. The molecule has 1 amide bonds. The number of benzene rings is 3. The Kier molecular flexibility index (Phi) is 11.2. The molecule has 0 unspecified atom stereocenters. The molecule has 1 atom stereocenters. The monoisotopic (exact) mass is 908 g/mol. The van der Waals surface area contributed by atoms with Gasteiger partial charge >= 0.3 is 12.4 Å². The van der Waals surface area contributed by atoms with Crippen LogP contribution >= 0.6 is 27.5 Å². The summed E-state index contributed by atoms with van der Waals surface area (Å²) in [6, 6.07) is 7.95. The zero-order valence-corrected chi connectivity index (χ0v) is 32.3. The average Bonchev–Trinajstić information content (AvgIpc) is 3.63. The van der Waals surface area contributed by atoms with E-state index in [9.17, 15) is 53.1 Å². The van der Waals surface area contributed by atoms with Gasteiger partial charge in [-0.25, -0.2) is 22.2 Å². The number of hydrogen-bond acceptors (Lipinski definition) is 7. The van der Waals surface area contributed by atoms with Crippen LogP contribution in [0, 0.1) is 18.6 Å². The molecule has 6 aromatic rings. The van der Waals surface area contributed by atoms with Crippen molar-refractivity contribution in [1.82, 2.24) is 34.4 Å². The Bertz CT molecular complexity index is 2710. The van der Waals surface area contributed by atoms with Crippen molar-refractivity contribution in [3.05, 3.63) is 109 Å². The van der Waals surface area contributed by atoms with Crippen LogP contribution in [0.3, 0.4) is 0 Å². The number of aromatic nitrogens is 6. The number of anilines is 1. The van der Waals surface area contributed by atoms with E-state index in [0.717, 1.165) is 33.5 Å².